The fourth-order valence-electron chi connectivity index (χ4n) is 2.04. The zero-order valence-corrected chi connectivity index (χ0v) is 17.2. The molecule has 32 heavy (non-hydrogen) atoms. The zero-order valence-electron chi connectivity index (χ0n) is 17.2. The molecule has 0 aliphatic carbocycles. The molecular formula is C19H25F5O8. The van der Waals surface area contributed by atoms with E-state index >= 15 is 0 Å². The summed E-state index contributed by atoms with van der Waals surface area (Å²) < 4.78 is 95.8. The average Bonchev–Trinajstić information content (AvgIpc) is 2.79. The minimum Gasteiger partial charge on any atom is -0.420 e. The smallest absolute Gasteiger partial charge is 0.313 e. The number of carbonyl (C=O) groups is 1. The van der Waals surface area contributed by atoms with Crippen LogP contribution in [-0.4, -0.2) is 83.8 Å². The third kappa shape index (κ3) is 10.6. The number of ether oxygens (including phenoxy) is 6. The van der Waals surface area contributed by atoms with Gasteiger partial charge < -0.3 is 33.5 Å². The molecule has 0 saturated carbocycles. The Kier molecular flexibility index (Phi) is 14.7. The molecule has 0 aliphatic heterocycles. The van der Waals surface area contributed by atoms with Gasteiger partial charge in [-0.2, -0.15) is 8.78 Å². The highest BCUT2D eigenvalue weighted by atomic mass is 19.2. The Morgan fingerprint density at radius 1 is 0.562 bits per heavy atom. The third-order valence-electron chi connectivity index (χ3n) is 3.56. The number of aliphatic hydroxyl groups is 1. The monoisotopic (exact) mass is 476 g/mol. The summed E-state index contributed by atoms with van der Waals surface area (Å²) >= 11 is 0. The number of hydrogen-bond donors (Lipinski definition) is 1. The largest absolute Gasteiger partial charge is 0.420 e. The standard InChI is InChI=1S/C19H25F5O8/c20-14-15(21)17(23)19(18(24)16(14)22)32-13(26)1-3-27-5-7-29-9-11-31-12-10-30-8-6-28-4-2-25/h25H,1-12H2. The van der Waals surface area contributed by atoms with E-state index in [0.29, 0.717) is 33.0 Å². The van der Waals surface area contributed by atoms with Crippen molar-refractivity contribution in [3.8, 4) is 5.75 Å². The maximum absolute atomic E-state index is 13.4. The zero-order chi connectivity index (χ0) is 23.8. The van der Waals surface area contributed by atoms with Gasteiger partial charge in [-0.3, -0.25) is 4.79 Å². The molecule has 0 radical (unpaired) electrons. The lowest BCUT2D eigenvalue weighted by molar-refractivity contribution is -0.136. The van der Waals surface area contributed by atoms with Crippen molar-refractivity contribution in [3.63, 3.8) is 0 Å². The predicted molar refractivity (Wildman–Crippen MR) is 97.7 cm³/mol. The predicted octanol–water partition coefficient (Wildman–Crippen LogP) is 1.75. The molecule has 0 fully saturated rings. The van der Waals surface area contributed by atoms with Gasteiger partial charge in [0.15, 0.2) is 0 Å². The minimum atomic E-state index is -2.35. The van der Waals surface area contributed by atoms with Crippen molar-refractivity contribution in [2.75, 3.05) is 72.7 Å². The highest BCUT2D eigenvalue weighted by molar-refractivity contribution is 5.72. The molecule has 1 N–H and O–H groups in total. The summed E-state index contributed by atoms with van der Waals surface area (Å²) in [5, 5.41) is 8.50. The van der Waals surface area contributed by atoms with Gasteiger partial charge in [0.1, 0.15) is 0 Å². The number of carbonyl (C=O) groups excluding carboxylic acids is 1. The molecular weight excluding hydrogens is 451 g/mol. The quantitative estimate of drug-likeness (QED) is 0.0856. The molecule has 0 atom stereocenters. The van der Waals surface area contributed by atoms with Crippen LogP contribution in [0.1, 0.15) is 6.42 Å². The van der Waals surface area contributed by atoms with Crippen molar-refractivity contribution in [3.05, 3.63) is 29.1 Å². The van der Waals surface area contributed by atoms with E-state index in [1.165, 1.54) is 0 Å². The molecule has 0 saturated heterocycles. The number of rotatable bonds is 18. The Morgan fingerprint density at radius 2 is 0.906 bits per heavy atom. The van der Waals surface area contributed by atoms with Crippen LogP contribution in [0.5, 0.6) is 5.75 Å². The highest BCUT2D eigenvalue weighted by Gasteiger charge is 2.28. The van der Waals surface area contributed by atoms with Crippen molar-refractivity contribution in [1.29, 1.82) is 0 Å². The van der Waals surface area contributed by atoms with Gasteiger partial charge in [-0.15, -0.1) is 0 Å². The molecule has 1 rings (SSSR count). The Balaban J connectivity index is 2.02. The first-order valence-corrected chi connectivity index (χ1v) is 9.61. The van der Waals surface area contributed by atoms with E-state index in [1.54, 1.807) is 0 Å². The average molecular weight is 476 g/mol. The molecule has 184 valence electrons. The van der Waals surface area contributed by atoms with Crippen LogP contribution in [0.3, 0.4) is 0 Å². The van der Waals surface area contributed by atoms with E-state index in [0.717, 1.165) is 0 Å². The molecule has 0 spiro atoms. The highest BCUT2D eigenvalue weighted by Crippen LogP contribution is 2.29. The summed E-state index contributed by atoms with van der Waals surface area (Å²) in [7, 11) is 0. The molecule has 0 unspecified atom stereocenters. The first-order chi connectivity index (χ1) is 15.4. The van der Waals surface area contributed by atoms with Crippen molar-refractivity contribution in [2.45, 2.75) is 6.42 Å². The van der Waals surface area contributed by atoms with Crippen LogP contribution in [0.2, 0.25) is 0 Å². The molecule has 0 heterocycles. The summed E-state index contributed by atoms with van der Waals surface area (Å²) in [4.78, 5) is 11.5. The molecule has 0 aliphatic rings. The molecule has 1 aromatic rings. The van der Waals surface area contributed by atoms with Crippen LogP contribution in [-0.2, 0) is 28.5 Å². The summed E-state index contributed by atoms with van der Waals surface area (Å²) in [5.74, 6) is -14.1. The van der Waals surface area contributed by atoms with Crippen molar-refractivity contribution >= 4 is 5.97 Å². The molecule has 0 amide bonds. The van der Waals surface area contributed by atoms with Gasteiger partial charge in [-0.25, -0.2) is 13.2 Å². The number of halogens is 5. The summed E-state index contributed by atoms with van der Waals surface area (Å²) in [6, 6.07) is 0. The van der Waals surface area contributed by atoms with Gasteiger partial charge in [0.2, 0.25) is 34.8 Å². The Bertz CT molecular complexity index is 663. The number of aliphatic hydroxyl groups excluding tert-OH is 1. The Hall–Kier alpha value is -1.90. The lowest BCUT2D eigenvalue weighted by Gasteiger charge is -2.09. The first kappa shape index (κ1) is 28.1. The van der Waals surface area contributed by atoms with E-state index in [-0.39, 0.29) is 39.6 Å². The van der Waals surface area contributed by atoms with Crippen LogP contribution in [0.15, 0.2) is 0 Å². The molecule has 1 aromatic carbocycles. The first-order valence-electron chi connectivity index (χ1n) is 9.61. The van der Waals surface area contributed by atoms with E-state index in [1.807, 2.05) is 0 Å². The van der Waals surface area contributed by atoms with Crippen molar-refractivity contribution < 1.29 is 60.3 Å². The van der Waals surface area contributed by atoms with Gasteiger partial charge in [-0.1, -0.05) is 0 Å². The lowest BCUT2D eigenvalue weighted by Crippen LogP contribution is -2.16. The Labute approximate surface area is 181 Å². The fraction of sp³-hybridized carbons (Fsp3) is 0.632. The number of esters is 1. The summed E-state index contributed by atoms with van der Waals surface area (Å²) in [6.07, 6.45) is -0.479. The molecule has 8 nitrogen and oxygen atoms in total. The van der Waals surface area contributed by atoms with Gasteiger partial charge in [0, 0.05) is 0 Å². The Morgan fingerprint density at radius 3 is 1.31 bits per heavy atom. The van der Waals surface area contributed by atoms with Crippen LogP contribution >= 0.6 is 0 Å². The van der Waals surface area contributed by atoms with Crippen LogP contribution in [0.4, 0.5) is 22.0 Å². The van der Waals surface area contributed by atoms with Crippen LogP contribution < -0.4 is 4.74 Å². The van der Waals surface area contributed by atoms with E-state index < -0.39 is 47.2 Å². The molecule has 13 heteroatoms. The van der Waals surface area contributed by atoms with E-state index in [9.17, 15) is 26.7 Å². The lowest BCUT2D eigenvalue weighted by atomic mass is 10.2. The summed E-state index contributed by atoms with van der Waals surface area (Å²) in [6.45, 7) is 2.41. The molecule has 0 aromatic heterocycles. The maximum atomic E-state index is 13.4. The van der Waals surface area contributed by atoms with Gasteiger partial charge >= 0.3 is 5.97 Å². The van der Waals surface area contributed by atoms with Gasteiger partial charge in [0.25, 0.3) is 0 Å². The van der Waals surface area contributed by atoms with Gasteiger partial charge in [-0.05, 0) is 0 Å². The van der Waals surface area contributed by atoms with E-state index in [4.69, 9.17) is 28.8 Å². The fourth-order valence-corrected chi connectivity index (χ4v) is 2.04. The molecule has 0 bridgehead atoms. The normalized spacial score (nSPS) is 11.2. The summed E-state index contributed by atoms with van der Waals surface area (Å²) in [5.41, 5.74) is 0. The maximum Gasteiger partial charge on any atom is 0.313 e. The number of benzene rings is 1. The van der Waals surface area contributed by atoms with Gasteiger partial charge in [0.05, 0.1) is 79.1 Å². The number of hydrogen-bond acceptors (Lipinski definition) is 8. The van der Waals surface area contributed by atoms with Crippen molar-refractivity contribution in [1.82, 2.24) is 0 Å². The van der Waals surface area contributed by atoms with Crippen molar-refractivity contribution in [2.24, 2.45) is 0 Å². The second kappa shape index (κ2) is 16.7. The minimum absolute atomic E-state index is 0.0364. The SMILES string of the molecule is O=C(CCOCCOCCOCCOCCOCCO)Oc1c(F)c(F)c(F)c(F)c1F. The second-order valence-electron chi connectivity index (χ2n) is 5.91. The topological polar surface area (TPSA) is 92.7 Å². The second-order valence-corrected chi connectivity index (χ2v) is 5.91. The van der Waals surface area contributed by atoms with Crippen LogP contribution in [0, 0.1) is 29.1 Å². The van der Waals surface area contributed by atoms with Crippen LogP contribution in [0.25, 0.3) is 0 Å². The third-order valence-corrected chi connectivity index (χ3v) is 3.56. The van der Waals surface area contributed by atoms with E-state index in [2.05, 4.69) is 4.74 Å².